The van der Waals surface area contributed by atoms with Crippen LogP contribution in [0.3, 0.4) is 0 Å². The first-order valence-electron chi connectivity index (χ1n) is 10.3. The second-order valence-corrected chi connectivity index (χ2v) is 9.22. The highest BCUT2D eigenvalue weighted by atomic mass is 32.1. The molecular formula is C24H26N4O2S. The van der Waals surface area contributed by atoms with E-state index >= 15 is 0 Å². The summed E-state index contributed by atoms with van der Waals surface area (Å²) in [4.78, 5) is 9.99. The van der Waals surface area contributed by atoms with Crippen LogP contribution < -0.4 is 15.8 Å². The topological polar surface area (TPSA) is 93.3 Å². The Morgan fingerprint density at radius 2 is 2.16 bits per heavy atom. The number of pyridine rings is 1. The van der Waals surface area contributed by atoms with Gasteiger partial charge in [0.25, 0.3) is 0 Å². The Kier molecular flexibility index (Phi) is 6.23. The SMILES string of the molecule is CC(C)(O)C#Cc1cccc(COc2cc(-c3cnc(C4CCNC4)s3)cnc2N)c1. The minimum absolute atomic E-state index is 0.342. The molecule has 160 valence electrons. The van der Waals surface area contributed by atoms with E-state index in [4.69, 9.17) is 10.5 Å². The standard InChI is InChI=1S/C24H26N4O2S/c1-24(2,29)8-6-16-4-3-5-17(10-16)15-30-20-11-19(13-27-22(20)25)21-14-28-23(31-21)18-7-9-26-12-18/h3-5,10-11,13-14,18,26,29H,7,9,12,15H2,1-2H3,(H2,25,27). The summed E-state index contributed by atoms with van der Waals surface area (Å²) < 4.78 is 5.98. The number of nitrogens with two attached hydrogens (primary N) is 1. The summed E-state index contributed by atoms with van der Waals surface area (Å²) >= 11 is 1.70. The number of aliphatic hydroxyl groups is 1. The lowest BCUT2D eigenvalue weighted by molar-refractivity contribution is 0.143. The molecule has 0 bridgehead atoms. The number of nitrogens with zero attached hydrogens (tertiary/aromatic N) is 2. The molecule has 2 aromatic heterocycles. The molecule has 31 heavy (non-hydrogen) atoms. The molecule has 0 saturated carbocycles. The highest BCUT2D eigenvalue weighted by Gasteiger charge is 2.20. The zero-order chi connectivity index (χ0) is 21.8. The van der Waals surface area contributed by atoms with Gasteiger partial charge in [0.2, 0.25) is 0 Å². The van der Waals surface area contributed by atoms with Crippen LogP contribution >= 0.6 is 11.3 Å². The molecule has 1 fully saturated rings. The van der Waals surface area contributed by atoms with Crippen molar-refractivity contribution in [3.05, 3.63) is 58.9 Å². The van der Waals surface area contributed by atoms with E-state index in [2.05, 4.69) is 27.1 Å². The van der Waals surface area contributed by atoms with E-state index in [1.165, 1.54) is 0 Å². The van der Waals surface area contributed by atoms with Crippen LogP contribution in [0.15, 0.2) is 42.7 Å². The van der Waals surface area contributed by atoms with Crippen molar-refractivity contribution in [3.8, 4) is 28.0 Å². The second kappa shape index (κ2) is 9.06. The second-order valence-electron chi connectivity index (χ2n) is 8.16. The van der Waals surface area contributed by atoms with Crippen molar-refractivity contribution in [3.63, 3.8) is 0 Å². The number of ether oxygens (including phenoxy) is 1. The van der Waals surface area contributed by atoms with E-state index in [9.17, 15) is 5.11 Å². The summed E-state index contributed by atoms with van der Waals surface area (Å²) in [5.41, 5.74) is 7.75. The summed E-state index contributed by atoms with van der Waals surface area (Å²) in [6.45, 7) is 5.69. The van der Waals surface area contributed by atoms with Crippen LogP contribution in [0.4, 0.5) is 5.82 Å². The number of nitrogen functional groups attached to an aromatic ring is 1. The number of anilines is 1. The predicted molar refractivity (Wildman–Crippen MR) is 124 cm³/mol. The van der Waals surface area contributed by atoms with Gasteiger partial charge in [-0.1, -0.05) is 24.0 Å². The Morgan fingerprint density at radius 1 is 1.29 bits per heavy atom. The molecule has 1 saturated heterocycles. The minimum atomic E-state index is -1.03. The fraction of sp³-hybridized carbons (Fsp3) is 0.333. The van der Waals surface area contributed by atoms with Crippen molar-refractivity contribution in [2.75, 3.05) is 18.8 Å². The first-order valence-corrected chi connectivity index (χ1v) is 11.1. The molecular weight excluding hydrogens is 408 g/mol. The lowest BCUT2D eigenvalue weighted by Crippen LogP contribution is -2.14. The molecule has 0 spiro atoms. The predicted octanol–water partition coefficient (Wildman–Crippen LogP) is 3.57. The lowest BCUT2D eigenvalue weighted by Gasteiger charge is -2.10. The van der Waals surface area contributed by atoms with Crippen LogP contribution in [0.25, 0.3) is 10.4 Å². The molecule has 3 aromatic rings. The van der Waals surface area contributed by atoms with Gasteiger partial charge in [-0.25, -0.2) is 9.97 Å². The maximum atomic E-state index is 9.79. The molecule has 4 N–H and O–H groups in total. The maximum Gasteiger partial charge on any atom is 0.166 e. The van der Waals surface area contributed by atoms with Crippen molar-refractivity contribution in [2.24, 2.45) is 0 Å². The fourth-order valence-corrected chi connectivity index (χ4v) is 4.34. The van der Waals surface area contributed by atoms with Crippen LogP contribution in [0, 0.1) is 11.8 Å². The monoisotopic (exact) mass is 434 g/mol. The number of nitrogens with one attached hydrogen (secondary N) is 1. The average molecular weight is 435 g/mol. The Balaban J connectivity index is 1.48. The van der Waals surface area contributed by atoms with Gasteiger partial charge in [-0.2, -0.15) is 0 Å². The third-order valence-electron chi connectivity index (χ3n) is 4.93. The summed E-state index contributed by atoms with van der Waals surface area (Å²) in [6, 6.07) is 9.65. The Morgan fingerprint density at radius 3 is 2.94 bits per heavy atom. The number of thiazole rings is 1. The molecule has 4 rings (SSSR count). The Labute approximate surface area is 186 Å². The van der Waals surface area contributed by atoms with Gasteiger partial charge in [-0.05, 0) is 50.6 Å². The number of benzene rings is 1. The molecule has 1 atom stereocenters. The highest BCUT2D eigenvalue weighted by molar-refractivity contribution is 7.15. The van der Waals surface area contributed by atoms with Gasteiger partial charge < -0.3 is 20.9 Å². The van der Waals surface area contributed by atoms with Crippen molar-refractivity contribution in [2.45, 2.75) is 38.4 Å². The van der Waals surface area contributed by atoms with Gasteiger partial charge in [0, 0.05) is 36.0 Å². The molecule has 6 nitrogen and oxygen atoms in total. The molecule has 1 unspecified atom stereocenters. The largest absolute Gasteiger partial charge is 0.485 e. The quantitative estimate of drug-likeness (QED) is 0.532. The maximum absolute atomic E-state index is 9.79. The van der Waals surface area contributed by atoms with E-state index in [0.29, 0.717) is 24.1 Å². The van der Waals surface area contributed by atoms with Gasteiger partial charge >= 0.3 is 0 Å². The summed E-state index contributed by atoms with van der Waals surface area (Å²) in [6.07, 6.45) is 4.79. The molecule has 0 radical (unpaired) electrons. The summed E-state index contributed by atoms with van der Waals surface area (Å²) in [5, 5.41) is 14.3. The molecule has 0 amide bonds. The summed E-state index contributed by atoms with van der Waals surface area (Å²) in [7, 11) is 0. The number of hydrogen-bond acceptors (Lipinski definition) is 7. The molecule has 1 aliphatic rings. The zero-order valence-electron chi connectivity index (χ0n) is 17.7. The van der Waals surface area contributed by atoms with E-state index in [1.807, 2.05) is 36.5 Å². The number of rotatable bonds is 5. The number of hydrogen-bond donors (Lipinski definition) is 3. The van der Waals surface area contributed by atoms with Gasteiger partial charge in [-0.15, -0.1) is 11.3 Å². The van der Waals surface area contributed by atoms with Gasteiger partial charge in [0.05, 0.1) is 9.88 Å². The van der Waals surface area contributed by atoms with E-state index in [1.54, 1.807) is 31.4 Å². The minimum Gasteiger partial charge on any atom is -0.485 e. The van der Waals surface area contributed by atoms with Gasteiger partial charge in [0.15, 0.2) is 11.6 Å². The smallest absolute Gasteiger partial charge is 0.166 e. The average Bonchev–Trinajstić information content (AvgIpc) is 3.43. The summed E-state index contributed by atoms with van der Waals surface area (Å²) in [5.74, 6) is 7.20. The molecule has 3 heterocycles. The molecule has 1 aliphatic heterocycles. The first kappa shape index (κ1) is 21.3. The third kappa shape index (κ3) is 5.61. The van der Waals surface area contributed by atoms with Crippen LogP contribution in [0.2, 0.25) is 0 Å². The zero-order valence-corrected chi connectivity index (χ0v) is 18.5. The van der Waals surface area contributed by atoms with Crippen LogP contribution in [-0.4, -0.2) is 33.8 Å². The third-order valence-corrected chi connectivity index (χ3v) is 6.14. The number of aromatic nitrogens is 2. The van der Waals surface area contributed by atoms with E-state index < -0.39 is 5.60 Å². The first-order chi connectivity index (χ1) is 14.9. The molecule has 1 aromatic carbocycles. The lowest BCUT2D eigenvalue weighted by atomic mass is 10.1. The van der Waals surface area contributed by atoms with Crippen LogP contribution in [0.1, 0.15) is 42.3 Å². The van der Waals surface area contributed by atoms with Crippen molar-refractivity contribution < 1.29 is 9.84 Å². The van der Waals surface area contributed by atoms with Crippen molar-refractivity contribution in [1.29, 1.82) is 0 Å². The highest BCUT2D eigenvalue weighted by Crippen LogP contribution is 2.34. The van der Waals surface area contributed by atoms with Crippen LogP contribution in [0.5, 0.6) is 5.75 Å². The van der Waals surface area contributed by atoms with E-state index in [0.717, 1.165) is 46.1 Å². The van der Waals surface area contributed by atoms with Gasteiger partial charge in [-0.3, -0.25) is 0 Å². The fourth-order valence-electron chi connectivity index (χ4n) is 3.31. The Bertz CT molecular complexity index is 1120. The van der Waals surface area contributed by atoms with Crippen LogP contribution in [-0.2, 0) is 6.61 Å². The molecule has 7 heteroatoms. The van der Waals surface area contributed by atoms with Crippen molar-refractivity contribution >= 4 is 17.2 Å². The molecule has 0 aliphatic carbocycles. The normalized spacial score (nSPS) is 16.0. The van der Waals surface area contributed by atoms with Gasteiger partial charge in [0.1, 0.15) is 12.2 Å². The Hall–Kier alpha value is -2.92. The van der Waals surface area contributed by atoms with Crippen molar-refractivity contribution in [1.82, 2.24) is 15.3 Å². The van der Waals surface area contributed by atoms with E-state index in [-0.39, 0.29) is 0 Å².